The van der Waals surface area contributed by atoms with Gasteiger partial charge in [0, 0.05) is 15.4 Å². The number of allylic oxidation sites excluding steroid dienone is 1. The van der Waals surface area contributed by atoms with Crippen molar-refractivity contribution in [1.29, 1.82) is 0 Å². The van der Waals surface area contributed by atoms with Gasteiger partial charge < -0.3 is 4.74 Å². The van der Waals surface area contributed by atoms with Gasteiger partial charge in [-0.2, -0.15) is 0 Å². The summed E-state index contributed by atoms with van der Waals surface area (Å²) in [6, 6.07) is 24.7. The zero-order chi connectivity index (χ0) is 22.8. The monoisotopic (exact) mass is 497 g/mol. The number of hydrogen-bond acceptors (Lipinski definition) is 4. The number of hydrogen-bond donors (Lipinski definition) is 0. The summed E-state index contributed by atoms with van der Waals surface area (Å²) in [7, 11) is 0. The number of Topliss-reactive ketones (excluding diaryl/α,β-unsaturated/α-hetero) is 1. The molecule has 0 aliphatic heterocycles. The molecule has 0 saturated heterocycles. The number of ketones is 1. The number of carbonyl (C=O) groups is 2. The minimum Gasteiger partial charge on any atom is -0.454 e. The topological polar surface area (TPSA) is 56.3 Å². The lowest BCUT2D eigenvalue weighted by Gasteiger charge is -2.12. The Kier molecular flexibility index (Phi) is 5.88. The summed E-state index contributed by atoms with van der Waals surface area (Å²) >= 11 is 3.36. The Morgan fingerprint density at radius 1 is 0.909 bits per heavy atom. The van der Waals surface area contributed by atoms with Crippen LogP contribution in [0.3, 0.4) is 0 Å². The van der Waals surface area contributed by atoms with Crippen molar-refractivity contribution in [3.05, 3.63) is 111 Å². The van der Waals surface area contributed by atoms with Crippen LogP contribution in [0.15, 0.2) is 83.3 Å². The van der Waals surface area contributed by atoms with E-state index in [-0.39, 0.29) is 12.4 Å². The van der Waals surface area contributed by atoms with E-state index in [1.165, 1.54) is 0 Å². The fourth-order valence-corrected chi connectivity index (χ4v) is 4.45. The lowest BCUT2D eigenvalue weighted by Crippen LogP contribution is -2.16. The Labute approximate surface area is 200 Å². The highest BCUT2D eigenvalue weighted by Gasteiger charge is 2.28. The number of para-hydroxylation sites is 1. The molecule has 1 aromatic heterocycles. The van der Waals surface area contributed by atoms with Crippen LogP contribution in [0.25, 0.3) is 22.6 Å². The summed E-state index contributed by atoms with van der Waals surface area (Å²) in [4.78, 5) is 30.7. The molecule has 0 fully saturated rings. The van der Waals surface area contributed by atoms with E-state index in [1.54, 1.807) is 24.3 Å². The van der Waals surface area contributed by atoms with Gasteiger partial charge in [0.25, 0.3) is 0 Å². The molecular weight excluding hydrogens is 478 g/mol. The van der Waals surface area contributed by atoms with E-state index in [4.69, 9.17) is 9.72 Å². The maximum absolute atomic E-state index is 13.2. The van der Waals surface area contributed by atoms with E-state index in [0.717, 1.165) is 44.2 Å². The first-order valence-corrected chi connectivity index (χ1v) is 11.5. The molecule has 3 aromatic carbocycles. The van der Waals surface area contributed by atoms with Crippen molar-refractivity contribution in [3.8, 4) is 0 Å². The molecular formula is C28H20BrNO3. The number of fused-ring (bicyclic) bond motifs is 2. The van der Waals surface area contributed by atoms with E-state index in [0.29, 0.717) is 17.5 Å². The molecule has 0 atom stereocenters. The second-order valence-electron chi connectivity index (χ2n) is 7.92. The molecule has 0 bridgehead atoms. The van der Waals surface area contributed by atoms with Crippen LogP contribution in [-0.4, -0.2) is 23.3 Å². The predicted molar refractivity (Wildman–Crippen MR) is 133 cm³/mol. The van der Waals surface area contributed by atoms with Crippen molar-refractivity contribution in [2.45, 2.75) is 12.8 Å². The van der Waals surface area contributed by atoms with E-state index >= 15 is 0 Å². The quantitative estimate of drug-likeness (QED) is 0.232. The van der Waals surface area contributed by atoms with Gasteiger partial charge in [-0.05, 0) is 53.8 Å². The highest BCUT2D eigenvalue weighted by atomic mass is 79.9. The van der Waals surface area contributed by atoms with Gasteiger partial charge in [0.05, 0.1) is 16.8 Å². The fraction of sp³-hybridized carbons (Fsp3) is 0.107. The third-order valence-electron chi connectivity index (χ3n) is 5.79. The van der Waals surface area contributed by atoms with Gasteiger partial charge in [-0.15, -0.1) is 0 Å². The van der Waals surface area contributed by atoms with Crippen molar-refractivity contribution in [3.63, 3.8) is 0 Å². The lowest BCUT2D eigenvalue weighted by atomic mass is 10.0. The Morgan fingerprint density at radius 2 is 1.64 bits per heavy atom. The number of pyridine rings is 1. The van der Waals surface area contributed by atoms with Gasteiger partial charge in [0.1, 0.15) is 0 Å². The molecule has 0 amide bonds. The number of benzene rings is 3. The summed E-state index contributed by atoms with van der Waals surface area (Å²) in [5.74, 6) is -0.730. The van der Waals surface area contributed by atoms with Crippen LogP contribution < -0.4 is 0 Å². The first kappa shape index (κ1) is 21.3. The molecule has 1 aliphatic rings. The predicted octanol–water partition coefficient (Wildman–Crippen LogP) is 6.52. The summed E-state index contributed by atoms with van der Waals surface area (Å²) in [6.07, 6.45) is 3.63. The SMILES string of the molecule is O=C(COC(=O)c1c2c(nc3ccccc13)C(=Cc1ccccc1)CC2)c1ccc(Br)cc1. The summed E-state index contributed by atoms with van der Waals surface area (Å²) in [5.41, 5.74) is 5.67. The number of rotatable bonds is 5. The number of carbonyl (C=O) groups excluding carboxylic acids is 2. The average molecular weight is 498 g/mol. The van der Waals surface area contributed by atoms with E-state index in [2.05, 4.69) is 34.1 Å². The number of nitrogens with zero attached hydrogens (tertiary/aromatic N) is 1. The Hall–Kier alpha value is -3.57. The molecule has 5 heteroatoms. The van der Waals surface area contributed by atoms with Crippen LogP contribution >= 0.6 is 15.9 Å². The Morgan fingerprint density at radius 3 is 2.42 bits per heavy atom. The smallest absolute Gasteiger partial charge is 0.339 e. The third kappa shape index (κ3) is 4.37. The Balaban J connectivity index is 1.49. The summed E-state index contributed by atoms with van der Waals surface area (Å²) in [6.45, 7) is -0.307. The fourth-order valence-electron chi connectivity index (χ4n) is 4.19. The van der Waals surface area contributed by atoms with Crippen molar-refractivity contribution in [1.82, 2.24) is 4.98 Å². The zero-order valence-corrected chi connectivity index (χ0v) is 19.3. The normalized spacial score (nSPS) is 13.8. The number of esters is 1. The van der Waals surface area contributed by atoms with Crippen LogP contribution in [0.2, 0.25) is 0 Å². The van der Waals surface area contributed by atoms with Crippen LogP contribution in [0.5, 0.6) is 0 Å². The summed E-state index contributed by atoms with van der Waals surface area (Å²) in [5, 5.41) is 0.748. The van der Waals surface area contributed by atoms with Crippen molar-refractivity contribution in [2.24, 2.45) is 0 Å². The van der Waals surface area contributed by atoms with Crippen LogP contribution in [0.4, 0.5) is 0 Å². The van der Waals surface area contributed by atoms with Crippen molar-refractivity contribution < 1.29 is 14.3 Å². The molecule has 0 unspecified atom stereocenters. The average Bonchev–Trinajstić information content (AvgIpc) is 3.23. The van der Waals surface area contributed by atoms with E-state index in [1.807, 2.05) is 42.5 Å². The van der Waals surface area contributed by atoms with Gasteiger partial charge in [0.15, 0.2) is 12.4 Å². The Bertz CT molecular complexity index is 1390. The van der Waals surface area contributed by atoms with Crippen molar-refractivity contribution >= 4 is 50.2 Å². The highest BCUT2D eigenvalue weighted by Crippen LogP contribution is 2.37. The molecule has 162 valence electrons. The molecule has 1 aliphatic carbocycles. The van der Waals surface area contributed by atoms with E-state index < -0.39 is 5.97 Å². The lowest BCUT2D eigenvalue weighted by molar-refractivity contribution is 0.0475. The third-order valence-corrected chi connectivity index (χ3v) is 6.32. The van der Waals surface area contributed by atoms with Crippen LogP contribution in [0, 0.1) is 0 Å². The van der Waals surface area contributed by atoms with Gasteiger partial charge in [-0.3, -0.25) is 4.79 Å². The molecule has 4 aromatic rings. The summed E-state index contributed by atoms with van der Waals surface area (Å²) < 4.78 is 6.40. The van der Waals surface area contributed by atoms with Gasteiger partial charge in [-0.1, -0.05) is 76.6 Å². The molecule has 4 nitrogen and oxygen atoms in total. The van der Waals surface area contributed by atoms with E-state index in [9.17, 15) is 9.59 Å². The minimum absolute atomic E-state index is 0.240. The number of aromatic nitrogens is 1. The first-order valence-electron chi connectivity index (χ1n) is 10.7. The largest absolute Gasteiger partial charge is 0.454 e. The first-order chi connectivity index (χ1) is 16.1. The molecule has 1 heterocycles. The number of halogens is 1. The zero-order valence-electron chi connectivity index (χ0n) is 17.8. The van der Waals surface area contributed by atoms with Gasteiger partial charge in [-0.25, -0.2) is 9.78 Å². The van der Waals surface area contributed by atoms with Crippen LogP contribution in [0.1, 0.15) is 44.0 Å². The number of ether oxygens (including phenoxy) is 1. The molecule has 0 saturated carbocycles. The van der Waals surface area contributed by atoms with Crippen LogP contribution in [-0.2, 0) is 11.2 Å². The molecule has 5 rings (SSSR count). The minimum atomic E-state index is -0.490. The van der Waals surface area contributed by atoms with Crippen molar-refractivity contribution in [2.75, 3.05) is 6.61 Å². The maximum atomic E-state index is 13.2. The second-order valence-corrected chi connectivity index (χ2v) is 8.83. The standard InChI is InChI=1S/C28H20BrNO3/c29-21-13-10-19(11-14-21)25(31)17-33-28(32)26-22-8-4-5-9-24(22)30-27-20(12-15-23(26)27)16-18-6-2-1-3-7-18/h1-11,13-14,16H,12,15,17H2. The van der Waals surface area contributed by atoms with Gasteiger partial charge >= 0.3 is 5.97 Å². The van der Waals surface area contributed by atoms with Gasteiger partial charge in [0.2, 0.25) is 0 Å². The molecule has 0 spiro atoms. The maximum Gasteiger partial charge on any atom is 0.339 e. The molecule has 0 N–H and O–H groups in total. The molecule has 33 heavy (non-hydrogen) atoms. The second kappa shape index (κ2) is 9.12. The molecule has 0 radical (unpaired) electrons. The highest BCUT2D eigenvalue weighted by molar-refractivity contribution is 9.10.